The summed E-state index contributed by atoms with van der Waals surface area (Å²) in [6.07, 6.45) is 11.5. The average Bonchev–Trinajstić information content (AvgIpc) is 3.40. The van der Waals surface area contributed by atoms with Crippen LogP contribution in [0.4, 0.5) is 0 Å². The molecule has 4 nitrogen and oxygen atoms in total. The van der Waals surface area contributed by atoms with Crippen LogP contribution in [0.2, 0.25) is 6.04 Å². The fraction of sp³-hybridized carbons (Fsp3) is 1.00. The molecule has 1 heterocycles. The summed E-state index contributed by atoms with van der Waals surface area (Å²) in [7, 11) is 2.69. The highest BCUT2D eigenvalue weighted by Gasteiger charge is 2.45. The first kappa shape index (κ1) is 22.1. The van der Waals surface area contributed by atoms with Crippen molar-refractivity contribution in [3.8, 4) is 0 Å². The van der Waals surface area contributed by atoms with Gasteiger partial charge in [0.2, 0.25) is 0 Å². The molecule has 1 saturated heterocycles. The van der Waals surface area contributed by atoms with Crippen LogP contribution in [0.5, 0.6) is 0 Å². The summed E-state index contributed by atoms with van der Waals surface area (Å²) < 4.78 is 21.8. The van der Waals surface area contributed by atoms with Crippen molar-refractivity contribution < 1.29 is 18.0 Å². The van der Waals surface area contributed by atoms with Gasteiger partial charge in [0.25, 0.3) is 0 Å². The molecule has 0 radical (unpaired) electrons. The average molecular weight is 361 g/mol. The standard InChI is InChI=1S/C11H22O4Si.C8H18/c1-12-16(13-2,14-3)7-6-9-4-5-10-11(8-9)15-10;1-4-6-7-8(3)5-2/h9-11H,4-8H2,1-3H3;8H,4-7H2,1-3H3. The monoisotopic (exact) mass is 360 g/mol. The first-order chi connectivity index (χ1) is 11.5. The summed E-state index contributed by atoms with van der Waals surface area (Å²) in [6, 6.07) is 0.915. The van der Waals surface area contributed by atoms with Crippen LogP contribution in [-0.2, 0) is 18.0 Å². The maximum atomic E-state index is 5.54. The van der Waals surface area contributed by atoms with E-state index in [1.807, 2.05) is 0 Å². The molecule has 5 heteroatoms. The highest BCUT2D eigenvalue weighted by molar-refractivity contribution is 6.60. The number of ether oxygens (including phenoxy) is 1. The molecule has 4 atom stereocenters. The predicted molar refractivity (Wildman–Crippen MR) is 101 cm³/mol. The van der Waals surface area contributed by atoms with Gasteiger partial charge in [-0.1, -0.05) is 46.5 Å². The SMILES string of the molecule is CCCCC(C)CC.CO[Si](CCC1CCC2OC2C1)(OC)OC. The third-order valence-corrected chi connectivity index (χ3v) is 8.42. The van der Waals surface area contributed by atoms with Crippen molar-refractivity contribution in [3.05, 3.63) is 0 Å². The van der Waals surface area contributed by atoms with Crippen LogP contribution >= 0.6 is 0 Å². The lowest BCUT2D eigenvalue weighted by Crippen LogP contribution is -2.43. The Morgan fingerprint density at radius 1 is 1.04 bits per heavy atom. The van der Waals surface area contributed by atoms with Gasteiger partial charge in [-0.15, -0.1) is 0 Å². The molecule has 0 aromatic carbocycles. The zero-order valence-electron chi connectivity index (χ0n) is 16.8. The molecule has 2 aliphatic rings. The minimum Gasteiger partial charge on any atom is -0.377 e. The number of fused-ring (bicyclic) bond motifs is 1. The third-order valence-electron chi connectivity index (χ3n) is 5.65. The van der Waals surface area contributed by atoms with Crippen LogP contribution < -0.4 is 0 Å². The minimum absolute atomic E-state index is 0.558. The van der Waals surface area contributed by atoms with Gasteiger partial charge in [-0.3, -0.25) is 0 Å². The second-order valence-electron chi connectivity index (χ2n) is 7.38. The lowest BCUT2D eigenvalue weighted by molar-refractivity contribution is 0.120. The van der Waals surface area contributed by atoms with E-state index in [0.717, 1.165) is 24.3 Å². The van der Waals surface area contributed by atoms with Gasteiger partial charge in [-0.05, 0) is 37.5 Å². The Morgan fingerprint density at radius 3 is 2.21 bits per heavy atom. The molecule has 4 unspecified atom stereocenters. The summed E-state index contributed by atoms with van der Waals surface area (Å²) in [4.78, 5) is 0. The van der Waals surface area contributed by atoms with E-state index < -0.39 is 8.80 Å². The molecular formula is C19H40O4Si. The zero-order chi connectivity index (χ0) is 18.0. The molecule has 2 rings (SSSR count). The Balaban J connectivity index is 0.000000307. The van der Waals surface area contributed by atoms with Crippen LogP contribution in [0, 0.1) is 11.8 Å². The van der Waals surface area contributed by atoms with Gasteiger partial charge in [0.05, 0.1) is 12.2 Å². The summed E-state index contributed by atoms with van der Waals surface area (Å²) in [5, 5.41) is 0. The first-order valence-electron chi connectivity index (χ1n) is 9.84. The van der Waals surface area contributed by atoms with Crippen LogP contribution in [0.25, 0.3) is 0 Å². The zero-order valence-corrected chi connectivity index (χ0v) is 17.8. The molecule has 1 aliphatic heterocycles. The van der Waals surface area contributed by atoms with Crippen LogP contribution in [0.1, 0.15) is 72.1 Å². The molecular weight excluding hydrogens is 320 g/mol. The van der Waals surface area contributed by atoms with Crippen LogP contribution in [0.3, 0.4) is 0 Å². The van der Waals surface area contributed by atoms with Gasteiger partial charge in [0.15, 0.2) is 0 Å². The molecule has 144 valence electrons. The molecule has 0 aromatic heterocycles. The molecule has 1 aliphatic carbocycles. The van der Waals surface area contributed by atoms with E-state index in [0.29, 0.717) is 12.2 Å². The van der Waals surface area contributed by atoms with E-state index in [1.165, 1.54) is 44.9 Å². The van der Waals surface area contributed by atoms with Crippen molar-refractivity contribution in [2.24, 2.45) is 11.8 Å². The fourth-order valence-electron chi connectivity index (χ4n) is 3.44. The quantitative estimate of drug-likeness (QED) is 0.404. The van der Waals surface area contributed by atoms with E-state index in [9.17, 15) is 0 Å². The molecule has 0 amide bonds. The number of epoxide rings is 1. The topological polar surface area (TPSA) is 40.2 Å². The summed E-state index contributed by atoms with van der Waals surface area (Å²) in [5.41, 5.74) is 0. The van der Waals surface area contributed by atoms with Gasteiger partial charge in [-0.2, -0.15) is 0 Å². The number of rotatable bonds is 10. The molecule has 2 fully saturated rings. The van der Waals surface area contributed by atoms with Gasteiger partial charge in [0, 0.05) is 27.4 Å². The first-order valence-corrected chi connectivity index (χ1v) is 11.8. The lowest BCUT2D eigenvalue weighted by atomic mass is 9.88. The third kappa shape index (κ3) is 7.52. The van der Waals surface area contributed by atoms with E-state index in [4.69, 9.17) is 18.0 Å². The van der Waals surface area contributed by atoms with E-state index >= 15 is 0 Å². The number of hydrogen-bond donors (Lipinski definition) is 0. The predicted octanol–water partition coefficient (Wildman–Crippen LogP) is 5.04. The minimum atomic E-state index is -2.35. The van der Waals surface area contributed by atoms with Crippen molar-refractivity contribution in [3.63, 3.8) is 0 Å². The second kappa shape index (κ2) is 11.6. The second-order valence-corrected chi connectivity index (χ2v) is 10.5. The largest absolute Gasteiger partial charge is 0.500 e. The van der Waals surface area contributed by atoms with E-state index in [2.05, 4.69) is 20.8 Å². The van der Waals surface area contributed by atoms with Gasteiger partial charge in [0.1, 0.15) is 0 Å². The molecule has 1 saturated carbocycles. The Kier molecular flexibility index (Phi) is 10.7. The molecule has 0 aromatic rings. The van der Waals surface area contributed by atoms with Crippen molar-refractivity contribution in [1.82, 2.24) is 0 Å². The molecule has 0 N–H and O–H groups in total. The van der Waals surface area contributed by atoms with Gasteiger partial charge < -0.3 is 18.0 Å². The van der Waals surface area contributed by atoms with Crippen LogP contribution in [-0.4, -0.2) is 42.3 Å². The molecule has 24 heavy (non-hydrogen) atoms. The highest BCUT2D eigenvalue weighted by Crippen LogP contribution is 2.41. The van der Waals surface area contributed by atoms with Gasteiger partial charge >= 0.3 is 8.80 Å². The Bertz CT molecular complexity index is 314. The highest BCUT2D eigenvalue weighted by atomic mass is 28.4. The van der Waals surface area contributed by atoms with Crippen molar-refractivity contribution in [2.75, 3.05) is 21.3 Å². The Labute approximate surface area is 151 Å². The summed E-state index contributed by atoms with van der Waals surface area (Å²) in [5.74, 6) is 1.71. The maximum Gasteiger partial charge on any atom is 0.500 e. The summed E-state index contributed by atoms with van der Waals surface area (Å²) >= 11 is 0. The van der Waals surface area contributed by atoms with E-state index in [1.54, 1.807) is 21.3 Å². The normalized spacial score (nSPS) is 27.0. The van der Waals surface area contributed by atoms with E-state index in [-0.39, 0.29) is 0 Å². The number of hydrogen-bond acceptors (Lipinski definition) is 4. The van der Waals surface area contributed by atoms with Gasteiger partial charge in [-0.25, -0.2) is 0 Å². The van der Waals surface area contributed by atoms with Crippen molar-refractivity contribution in [1.29, 1.82) is 0 Å². The van der Waals surface area contributed by atoms with Crippen molar-refractivity contribution >= 4 is 8.80 Å². The fourth-order valence-corrected chi connectivity index (χ4v) is 5.32. The number of unbranched alkanes of at least 4 members (excludes halogenated alkanes) is 1. The molecule has 0 bridgehead atoms. The smallest absolute Gasteiger partial charge is 0.377 e. The Morgan fingerprint density at radius 2 is 1.71 bits per heavy atom. The Hall–Kier alpha value is 0.0569. The van der Waals surface area contributed by atoms with Crippen molar-refractivity contribution in [2.45, 2.75) is 90.4 Å². The van der Waals surface area contributed by atoms with Crippen LogP contribution in [0.15, 0.2) is 0 Å². The molecule has 0 spiro atoms. The summed E-state index contributed by atoms with van der Waals surface area (Å²) in [6.45, 7) is 6.85. The maximum absolute atomic E-state index is 5.54. The lowest BCUT2D eigenvalue weighted by Gasteiger charge is -2.27.